The van der Waals surface area contributed by atoms with Crippen molar-refractivity contribution in [3.63, 3.8) is 0 Å². The fourth-order valence-corrected chi connectivity index (χ4v) is 3.73. The Hall–Kier alpha value is -2.56. The highest BCUT2D eigenvalue weighted by Gasteiger charge is 2.31. The van der Waals surface area contributed by atoms with Crippen molar-refractivity contribution in [3.8, 4) is 0 Å². The van der Waals surface area contributed by atoms with Gasteiger partial charge in [-0.05, 0) is 37.7 Å². The van der Waals surface area contributed by atoms with Gasteiger partial charge in [-0.2, -0.15) is 24.4 Å². The Balaban J connectivity index is 5.03. The monoisotopic (exact) mass is 580 g/mol. The van der Waals surface area contributed by atoms with E-state index in [-0.39, 0.29) is 18.1 Å². The van der Waals surface area contributed by atoms with Gasteiger partial charge in [-0.1, -0.05) is 13.8 Å². The topological polar surface area (TPSA) is 229 Å². The van der Waals surface area contributed by atoms with Gasteiger partial charge in [0.2, 0.25) is 29.5 Å². The average Bonchev–Trinajstić information content (AvgIpc) is 2.84. The maximum absolute atomic E-state index is 12.8. The van der Waals surface area contributed by atoms with E-state index in [2.05, 4.69) is 39.2 Å². The zero-order valence-electron chi connectivity index (χ0n) is 22.0. The molecule has 0 aromatic carbocycles. The second-order valence-corrected chi connectivity index (χ2v) is 10.3. The summed E-state index contributed by atoms with van der Waals surface area (Å²) < 4.78 is 0. The fourth-order valence-electron chi connectivity index (χ4n) is 3.01. The standard InChI is InChI=1S/C22H40N6O8S2/c1-11(2)7-13(23)19(32)28-18(12(3)29)21(34)27-14(5-6-38-4)20(33)25-8-16(30)24-9-17(31)26-15(10-37)22(35)36/h11-15,18,29,37H,5-10,23H2,1-4H3,(H,24,30)(H,25,33)(H,26,31)(H,27,34)(H,28,32)(H,35,36)/t12-,13+,14+,15+,18+/m1/s1. The minimum absolute atomic E-state index is 0.135. The summed E-state index contributed by atoms with van der Waals surface area (Å²) in [6.07, 6.45) is 1.08. The predicted molar refractivity (Wildman–Crippen MR) is 145 cm³/mol. The maximum Gasteiger partial charge on any atom is 0.327 e. The number of thioether (sulfide) groups is 1. The minimum atomic E-state index is -1.36. The van der Waals surface area contributed by atoms with E-state index in [0.717, 1.165) is 0 Å². The van der Waals surface area contributed by atoms with Crippen LogP contribution in [0.4, 0.5) is 0 Å². The molecule has 14 nitrogen and oxygen atoms in total. The summed E-state index contributed by atoms with van der Waals surface area (Å²) in [4.78, 5) is 72.6. The molecule has 0 unspecified atom stereocenters. The molecule has 0 aromatic heterocycles. The summed E-state index contributed by atoms with van der Waals surface area (Å²) in [7, 11) is 0. The molecule has 5 amide bonds. The molecule has 0 rings (SSSR count). The van der Waals surface area contributed by atoms with Crippen LogP contribution in [0.3, 0.4) is 0 Å². The Kier molecular flexibility index (Phi) is 17.4. The number of carbonyl (C=O) groups is 6. The Bertz CT molecular complexity index is 830. The number of aliphatic carboxylic acids is 1. The van der Waals surface area contributed by atoms with Gasteiger partial charge in [0.15, 0.2) is 0 Å². The van der Waals surface area contributed by atoms with Crippen molar-refractivity contribution in [1.29, 1.82) is 0 Å². The predicted octanol–water partition coefficient (Wildman–Crippen LogP) is -2.81. The van der Waals surface area contributed by atoms with Gasteiger partial charge in [-0.15, -0.1) is 0 Å². The lowest BCUT2D eigenvalue weighted by atomic mass is 10.0. The molecule has 38 heavy (non-hydrogen) atoms. The van der Waals surface area contributed by atoms with Gasteiger partial charge >= 0.3 is 5.97 Å². The van der Waals surface area contributed by atoms with Gasteiger partial charge < -0.3 is 42.5 Å². The zero-order chi connectivity index (χ0) is 29.4. The first-order chi connectivity index (χ1) is 17.7. The molecule has 0 spiro atoms. The van der Waals surface area contributed by atoms with Gasteiger partial charge in [-0.25, -0.2) is 4.79 Å². The van der Waals surface area contributed by atoms with Crippen molar-refractivity contribution >= 4 is 59.9 Å². The van der Waals surface area contributed by atoms with Crippen molar-refractivity contribution in [1.82, 2.24) is 26.6 Å². The van der Waals surface area contributed by atoms with E-state index >= 15 is 0 Å². The third-order valence-electron chi connectivity index (χ3n) is 5.05. The number of rotatable bonds is 18. The van der Waals surface area contributed by atoms with E-state index < -0.39 is 78.9 Å². The van der Waals surface area contributed by atoms with Crippen LogP contribution in [0.25, 0.3) is 0 Å². The molecule has 0 saturated heterocycles. The number of nitrogens with one attached hydrogen (secondary N) is 5. The smallest absolute Gasteiger partial charge is 0.327 e. The maximum atomic E-state index is 12.8. The number of carboxylic acid groups (broad SMARTS) is 1. The number of hydrogen-bond acceptors (Lipinski definition) is 10. The summed E-state index contributed by atoms with van der Waals surface area (Å²) in [6.45, 7) is 4.04. The number of aliphatic hydroxyl groups is 1. The van der Waals surface area contributed by atoms with Crippen LogP contribution in [0.2, 0.25) is 0 Å². The SMILES string of the molecule is CSCC[C@H](NC(=O)[C@@H](NC(=O)[C@@H](N)CC(C)C)[C@@H](C)O)C(=O)NCC(=O)NCC(=O)N[C@@H](CS)C(=O)O. The molecule has 0 saturated carbocycles. The number of thiol groups is 1. The summed E-state index contributed by atoms with van der Waals surface area (Å²) in [5.41, 5.74) is 5.85. The highest BCUT2D eigenvalue weighted by Crippen LogP contribution is 2.06. The van der Waals surface area contributed by atoms with Gasteiger partial charge in [-0.3, -0.25) is 24.0 Å². The van der Waals surface area contributed by atoms with Crippen LogP contribution in [0.5, 0.6) is 0 Å². The van der Waals surface area contributed by atoms with Crippen molar-refractivity contribution in [2.75, 3.05) is 30.9 Å². The molecule has 218 valence electrons. The first-order valence-corrected chi connectivity index (χ1v) is 14.0. The van der Waals surface area contributed by atoms with Crippen LogP contribution >= 0.6 is 24.4 Å². The minimum Gasteiger partial charge on any atom is -0.480 e. The molecule has 5 atom stereocenters. The molecule has 0 bridgehead atoms. The fraction of sp³-hybridized carbons (Fsp3) is 0.727. The molecule has 0 aliphatic carbocycles. The van der Waals surface area contributed by atoms with E-state index in [4.69, 9.17) is 10.8 Å². The Labute approximate surface area is 231 Å². The largest absolute Gasteiger partial charge is 0.480 e. The van der Waals surface area contributed by atoms with Crippen LogP contribution in [0.1, 0.15) is 33.6 Å². The van der Waals surface area contributed by atoms with Gasteiger partial charge in [0.05, 0.1) is 25.2 Å². The number of carbonyl (C=O) groups excluding carboxylic acids is 5. The van der Waals surface area contributed by atoms with E-state index in [1.165, 1.54) is 18.7 Å². The second kappa shape index (κ2) is 18.7. The highest BCUT2D eigenvalue weighted by atomic mass is 32.2. The van der Waals surface area contributed by atoms with Crippen LogP contribution in [0.15, 0.2) is 0 Å². The third kappa shape index (κ3) is 14.4. The van der Waals surface area contributed by atoms with Gasteiger partial charge in [0.25, 0.3) is 0 Å². The number of amides is 5. The zero-order valence-corrected chi connectivity index (χ0v) is 23.7. The lowest BCUT2D eigenvalue weighted by Gasteiger charge is -2.26. The van der Waals surface area contributed by atoms with Crippen LogP contribution in [0, 0.1) is 5.92 Å². The lowest BCUT2D eigenvalue weighted by Crippen LogP contribution is -2.59. The van der Waals surface area contributed by atoms with Crippen LogP contribution < -0.4 is 32.3 Å². The molecule has 0 fully saturated rings. The van der Waals surface area contributed by atoms with E-state index in [9.17, 15) is 33.9 Å². The first kappa shape index (κ1) is 35.4. The summed E-state index contributed by atoms with van der Waals surface area (Å²) in [6, 6.07) is -4.54. The van der Waals surface area contributed by atoms with E-state index in [1.807, 2.05) is 13.8 Å². The number of nitrogens with two attached hydrogens (primary N) is 1. The molecule has 0 radical (unpaired) electrons. The van der Waals surface area contributed by atoms with Crippen LogP contribution in [-0.4, -0.2) is 107 Å². The highest BCUT2D eigenvalue weighted by molar-refractivity contribution is 7.98. The number of aliphatic hydroxyl groups excluding tert-OH is 1. The van der Waals surface area contributed by atoms with Gasteiger partial charge in [0, 0.05) is 5.75 Å². The average molecular weight is 581 g/mol. The molecular weight excluding hydrogens is 540 g/mol. The molecule has 0 aliphatic rings. The Morgan fingerprint density at radius 1 is 0.868 bits per heavy atom. The third-order valence-corrected chi connectivity index (χ3v) is 6.06. The number of carboxylic acids is 1. The van der Waals surface area contributed by atoms with Crippen molar-refractivity contribution < 1.29 is 39.0 Å². The van der Waals surface area contributed by atoms with Crippen molar-refractivity contribution in [3.05, 3.63) is 0 Å². The number of hydrogen-bond donors (Lipinski definition) is 9. The molecule has 9 N–H and O–H groups in total. The van der Waals surface area contributed by atoms with E-state index in [1.54, 1.807) is 6.26 Å². The molecular formula is C22H40N6O8S2. The molecule has 0 aliphatic heterocycles. The van der Waals surface area contributed by atoms with E-state index in [0.29, 0.717) is 12.2 Å². The Morgan fingerprint density at radius 3 is 1.97 bits per heavy atom. The van der Waals surface area contributed by atoms with Crippen molar-refractivity contribution in [2.24, 2.45) is 11.7 Å². The molecule has 0 heterocycles. The summed E-state index contributed by atoms with van der Waals surface area (Å²) in [5, 5.41) is 30.7. The quantitative estimate of drug-likeness (QED) is 0.0756. The molecule has 0 aromatic rings. The normalized spacial score (nSPS) is 14.8. The van der Waals surface area contributed by atoms with Crippen LogP contribution in [-0.2, 0) is 28.8 Å². The second-order valence-electron chi connectivity index (χ2n) is 8.94. The summed E-state index contributed by atoms with van der Waals surface area (Å²) in [5.74, 6) is -4.40. The summed E-state index contributed by atoms with van der Waals surface area (Å²) >= 11 is 5.24. The van der Waals surface area contributed by atoms with Crippen molar-refractivity contribution in [2.45, 2.75) is 63.9 Å². The first-order valence-electron chi connectivity index (χ1n) is 11.9. The molecule has 16 heteroatoms. The Morgan fingerprint density at radius 2 is 1.47 bits per heavy atom. The lowest BCUT2D eigenvalue weighted by molar-refractivity contribution is -0.141. The van der Waals surface area contributed by atoms with Gasteiger partial charge in [0.1, 0.15) is 18.1 Å².